The summed E-state index contributed by atoms with van der Waals surface area (Å²) in [7, 11) is 0. The highest BCUT2D eigenvalue weighted by atomic mass is 16.5. The van der Waals surface area contributed by atoms with Crippen molar-refractivity contribution in [3.8, 4) is 0 Å². The zero-order valence-corrected chi connectivity index (χ0v) is 11.1. The molecule has 17 heavy (non-hydrogen) atoms. The van der Waals surface area contributed by atoms with Gasteiger partial charge in [-0.1, -0.05) is 13.8 Å². The molecule has 1 fully saturated rings. The van der Waals surface area contributed by atoms with Crippen LogP contribution in [0.15, 0.2) is 10.6 Å². The predicted octanol–water partition coefficient (Wildman–Crippen LogP) is 2.31. The molecular formula is C13H22N2O2. The lowest BCUT2D eigenvalue weighted by Crippen LogP contribution is -2.14. The molecule has 0 aliphatic carbocycles. The molecule has 1 saturated heterocycles. The zero-order chi connectivity index (χ0) is 12.4. The summed E-state index contributed by atoms with van der Waals surface area (Å²) in [5, 5.41) is 3.21. The molecule has 1 aromatic heterocycles. The molecule has 0 aromatic carbocycles. The van der Waals surface area contributed by atoms with Gasteiger partial charge in [-0.2, -0.15) is 0 Å². The van der Waals surface area contributed by atoms with E-state index in [-0.39, 0.29) is 12.2 Å². The average molecular weight is 238 g/mol. The van der Waals surface area contributed by atoms with E-state index in [0.29, 0.717) is 18.4 Å². The van der Waals surface area contributed by atoms with E-state index < -0.39 is 0 Å². The van der Waals surface area contributed by atoms with Gasteiger partial charge in [0, 0.05) is 5.92 Å². The van der Waals surface area contributed by atoms with Crippen LogP contribution in [0.3, 0.4) is 0 Å². The van der Waals surface area contributed by atoms with Crippen molar-refractivity contribution in [3.05, 3.63) is 17.8 Å². The number of hydrogen-bond acceptors (Lipinski definition) is 4. The summed E-state index contributed by atoms with van der Waals surface area (Å²) in [5.41, 5.74) is 0. The Kier molecular flexibility index (Phi) is 3.84. The van der Waals surface area contributed by atoms with Gasteiger partial charge in [0.2, 0.25) is 5.89 Å². The lowest BCUT2D eigenvalue weighted by atomic mass is 9.88. The lowest BCUT2D eigenvalue weighted by molar-refractivity contribution is 0.0547. The predicted molar refractivity (Wildman–Crippen MR) is 65.8 cm³/mol. The van der Waals surface area contributed by atoms with Crippen molar-refractivity contribution in [1.29, 1.82) is 0 Å². The van der Waals surface area contributed by atoms with Crippen LogP contribution in [-0.4, -0.2) is 23.7 Å². The number of ether oxygens (including phenoxy) is 1. The first kappa shape index (κ1) is 12.6. The van der Waals surface area contributed by atoms with Gasteiger partial charge in [0.05, 0.1) is 24.9 Å². The van der Waals surface area contributed by atoms with Crippen LogP contribution in [0, 0.1) is 5.92 Å². The van der Waals surface area contributed by atoms with Crippen molar-refractivity contribution in [1.82, 2.24) is 10.3 Å². The van der Waals surface area contributed by atoms with E-state index in [1.54, 1.807) is 0 Å². The summed E-state index contributed by atoms with van der Waals surface area (Å²) < 4.78 is 11.6. The highest BCUT2D eigenvalue weighted by Crippen LogP contribution is 2.39. The summed E-state index contributed by atoms with van der Waals surface area (Å²) in [5.74, 6) is 2.53. The minimum absolute atomic E-state index is 0.208. The largest absolute Gasteiger partial charge is 0.444 e. The first-order valence-corrected chi connectivity index (χ1v) is 6.44. The van der Waals surface area contributed by atoms with Crippen LogP contribution in [0.4, 0.5) is 0 Å². The monoisotopic (exact) mass is 238 g/mol. The molecule has 0 saturated carbocycles. The fraction of sp³-hybridized carbons (Fsp3) is 0.769. The Morgan fingerprint density at radius 1 is 1.29 bits per heavy atom. The standard InChI is InChI=1S/C13H22N2O2/c1-5-14-7-12-15-6-11(17-12)13-8(2)9(3)16-10(13)4/h6,8-10,13-14H,5,7H2,1-4H3. The Morgan fingerprint density at radius 3 is 2.65 bits per heavy atom. The Balaban J connectivity index is 2.09. The number of aromatic nitrogens is 1. The molecule has 0 spiro atoms. The molecule has 0 bridgehead atoms. The second-order valence-electron chi connectivity index (χ2n) is 4.87. The van der Waals surface area contributed by atoms with Gasteiger partial charge in [-0.3, -0.25) is 0 Å². The Hall–Kier alpha value is -0.870. The van der Waals surface area contributed by atoms with Gasteiger partial charge in [0.25, 0.3) is 0 Å². The van der Waals surface area contributed by atoms with Gasteiger partial charge >= 0.3 is 0 Å². The lowest BCUT2D eigenvalue weighted by Gasteiger charge is -2.14. The van der Waals surface area contributed by atoms with Crippen molar-refractivity contribution >= 4 is 0 Å². The fourth-order valence-corrected chi connectivity index (χ4v) is 2.55. The van der Waals surface area contributed by atoms with Crippen molar-refractivity contribution in [3.63, 3.8) is 0 Å². The minimum Gasteiger partial charge on any atom is -0.444 e. The maximum Gasteiger partial charge on any atom is 0.208 e. The molecule has 0 radical (unpaired) electrons. The Bertz CT molecular complexity index is 364. The SMILES string of the molecule is CCNCc1ncc(C2C(C)OC(C)C2C)o1. The second kappa shape index (κ2) is 5.19. The molecule has 4 unspecified atom stereocenters. The van der Waals surface area contributed by atoms with Crippen LogP contribution in [0.2, 0.25) is 0 Å². The summed E-state index contributed by atoms with van der Waals surface area (Å²) in [6.07, 6.45) is 2.35. The van der Waals surface area contributed by atoms with E-state index in [2.05, 4.69) is 38.0 Å². The van der Waals surface area contributed by atoms with E-state index in [9.17, 15) is 0 Å². The van der Waals surface area contributed by atoms with Gasteiger partial charge < -0.3 is 14.5 Å². The number of nitrogens with zero attached hydrogens (tertiary/aromatic N) is 1. The molecule has 1 aliphatic heterocycles. The summed E-state index contributed by atoms with van der Waals surface area (Å²) in [4.78, 5) is 4.31. The molecule has 1 aromatic rings. The summed E-state index contributed by atoms with van der Waals surface area (Å²) >= 11 is 0. The highest BCUT2D eigenvalue weighted by molar-refractivity contribution is 5.09. The van der Waals surface area contributed by atoms with Gasteiger partial charge in [-0.15, -0.1) is 0 Å². The third-order valence-electron chi connectivity index (χ3n) is 3.67. The van der Waals surface area contributed by atoms with Crippen molar-refractivity contribution in [2.24, 2.45) is 5.92 Å². The molecule has 1 N–H and O–H groups in total. The zero-order valence-electron chi connectivity index (χ0n) is 11.1. The minimum atomic E-state index is 0.208. The van der Waals surface area contributed by atoms with Gasteiger partial charge in [0.1, 0.15) is 5.76 Å². The quantitative estimate of drug-likeness (QED) is 0.874. The van der Waals surface area contributed by atoms with Crippen LogP contribution < -0.4 is 5.32 Å². The molecule has 4 nitrogen and oxygen atoms in total. The number of oxazole rings is 1. The number of hydrogen-bond donors (Lipinski definition) is 1. The molecule has 4 heteroatoms. The second-order valence-corrected chi connectivity index (χ2v) is 4.87. The van der Waals surface area contributed by atoms with Crippen molar-refractivity contribution < 1.29 is 9.15 Å². The molecular weight excluding hydrogens is 216 g/mol. The van der Waals surface area contributed by atoms with Gasteiger partial charge in [-0.05, 0) is 26.3 Å². The first-order valence-electron chi connectivity index (χ1n) is 6.44. The fourth-order valence-electron chi connectivity index (χ4n) is 2.55. The maximum atomic E-state index is 5.83. The van der Waals surface area contributed by atoms with Gasteiger partial charge in [0.15, 0.2) is 0 Å². The van der Waals surface area contributed by atoms with E-state index in [4.69, 9.17) is 9.15 Å². The van der Waals surface area contributed by atoms with E-state index in [1.807, 2.05) is 6.20 Å². The molecule has 2 heterocycles. The number of nitrogens with one attached hydrogen (secondary N) is 1. The third-order valence-corrected chi connectivity index (χ3v) is 3.67. The van der Waals surface area contributed by atoms with Crippen LogP contribution in [-0.2, 0) is 11.3 Å². The average Bonchev–Trinajstić information content (AvgIpc) is 2.83. The molecule has 2 rings (SSSR count). The van der Waals surface area contributed by atoms with Crippen LogP contribution in [0.5, 0.6) is 0 Å². The molecule has 0 amide bonds. The van der Waals surface area contributed by atoms with E-state index in [0.717, 1.165) is 18.2 Å². The maximum absolute atomic E-state index is 5.83. The topological polar surface area (TPSA) is 47.3 Å². The van der Waals surface area contributed by atoms with Crippen LogP contribution in [0.1, 0.15) is 45.3 Å². The first-order chi connectivity index (χ1) is 8.13. The third kappa shape index (κ3) is 2.53. The summed E-state index contributed by atoms with van der Waals surface area (Å²) in [6, 6.07) is 0. The highest BCUT2D eigenvalue weighted by Gasteiger charge is 2.40. The van der Waals surface area contributed by atoms with E-state index in [1.165, 1.54) is 0 Å². The smallest absolute Gasteiger partial charge is 0.208 e. The van der Waals surface area contributed by atoms with Crippen LogP contribution >= 0.6 is 0 Å². The Labute approximate surface area is 103 Å². The molecule has 96 valence electrons. The van der Waals surface area contributed by atoms with Gasteiger partial charge in [-0.25, -0.2) is 4.98 Å². The normalized spacial score (nSPS) is 33.2. The Morgan fingerprint density at radius 2 is 2.06 bits per heavy atom. The number of rotatable bonds is 4. The van der Waals surface area contributed by atoms with Crippen molar-refractivity contribution in [2.45, 2.75) is 52.4 Å². The molecule has 4 atom stereocenters. The van der Waals surface area contributed by atoms with Crippen molar-refractivity contribution in [2.75, 3.05) is 6.54 Å². The van der Waals surface area contributed by atoms with Crippen LogP contribution in [0.25, 0.3) is 0 Å². The summed E-state index contributed by atoms with van der Waals surface area (Å²) in [6.45, 7) is 10.1. The molecule has 1 aliphatic rings. The van der Waals surface area contributed by atoms with E-state index >= 15 is 0 Å².